The summed E-state index contributed by atoms with van der Waals surface area (Å²) in [6.45, 7) is -0.844. The molecular formula is C31H25N3O5. The zero-order valence-electron chi connectivity index (χ0n) is 21.2. The van der Waals surface area contributed by atoms with Crippen molar-refractivity contribution < 1.29 is 23.8 Å². The third-order valence-corrected chi connectivity index (χ3v) is 6.45. The summed E-state index contributed by atoms with van der Waals surface area (Å²) in [5.41, 5.74) is 3.07. The average molecular weight is 520 g/mol. The van der Waals surface area contributed by atoms with E-state index in [0.29, 0.717) is 23.5 Å². The Labute approximate surface area is 225 Å². The third kappa shape index (κ3) is 5.89. The molecule has 0 fully saturated rings. The number of carbonyl (C=O) groups excluding carboxylic acids is 2. The molecule has 5 rings (SSSR count). The quantitative estimate of drug-likeness (QED) is 0.303. The topological polar surface area (TPSA) is 101 Å². The molecule has 1 aliphatic heterocycles. The second-order valence-corrected chi connectivity index (χ2v) is 8.93. The maximum absolute atomic E-state index is 13.2. The number of amides is 1. The summed E-state index contributed by atoms with van der Waals surface area (Å²) in [5.74, 6) is -0.00697. The van der Waals surface area contributed by atoms with Gasteiger partial charge in [-0.05, 0) is 64.4 Å². The predicted octanol–water partition coefficient (Wildman–Crippen LogP) is 5.02. The van der Waals surface area contributed by atoms with Crippen molar-refractivity contribution >= 4 is 28.4 Å². The molecule has 0 radical (unpaired) electrons. The fourth-order valence-corrected chi connectivity index (χ4v) is 4.39. The molecule has 0 aliphatic carbocycles. The van der Waals surface area contributed by atoms with Crippen molar-refractivity contribution in [1.29, 1.82) is 5.26 Å². The Morgan fingerprint density at radius 1 is 0.923 bits per heavy atom. The molecule has 1 heterocycles. The van der Waals surface area contributed by atoms with Crippen LogP contribution in [0.3, 0.4) is 0 Å². The average Bonchev–Trinajstić information content (AvgIpc) is 3.44. The van der Waals surface area contributed by atoms with Crippen LogP contribution < -0.4 is 9.47 Å². The van der Waals surface area contributed by atoms with Gasteiger partial charge in [-0.25, -0.2) is 9.80 Å². The standard InChI is InChI=1S/C31H25N3O5/c1-37-26-14-10-23(11-15-26)29-17-28(25-9-8-22-4-2-3-5-24(22)16-25)33-34(29)30(35)19-39-31(36)20-38-27-12-6-21(18-32)7-13-27/h2-16,29H,17,19-20H2,1H3. The Kier molecular flexibility index (Phi) is 7.51. The van der Waals surface area contributed by atoms with Crippen molar-refractivity contribution in [2.24, 2.45) is 5.10 Å². The lowest BCUT2D eigenvalue weighted by atomic mass is 9.97. The third-order valence-electron chi connectivity index (χ3n) is 6.45. The molecule has 0 aromatic heterocycles. The van der Waals surface area contributed by atoms with Crippen LogP contribution in [-0.2, 0) is 14.3 Å². The number of methoxy groups -OCH3 is 1. The molecule has 39 heavy (non-hydrogen) atoms. The summed E-state index contributed by atoms with van der Waals surface area (Å²) in [6.07, 6.45) is 0.506. The first kappa shape index (κ1) is 25.5. The van der Waals surface area contributed by atoms with Crippen molar-refractivity contribution in [3.63, 3.8) is 0 Å². The zero-order chi connectivity index (χ0) is 27.2. The second kappa shape index (κ2) is 11.5. The fraction of sp³-hybridized carbons (Fsp3) is 0.161. The van der Waals surface area contributed by atoms with E-state index >= 15 is 0 Å². The van der Waals surface area contributed by atoms with Gasteiger partial charge in [-0.1, -0.05) is 48.5 Å². The summed E-state index contributed by atoms with van der Waals surface area (Å²) >= 11 is 0. The van der Waals surface area contributed by atoms with Crippen molar-refractivity contribution in [2.45, 2.75) is 12.5 Å². The van der Waals surface area contributed by atoms with E-state index in [-0.39, 0.29) is 12.6 Å². The van der Waals surface area contributed by atoms with Gasteiger partial charge in [0, 0.05) is 6.42 Å². The minimum Gasteiger partial charge on any atom is -0.497 e. The number of benzene rings is 4. The lowest BCUT2D eigenvalue weighted by Crippen LogP contribution is -2.32. The summed E-state index contributed by atoms with van der Waals surface area (Å²) in [6, 6.07) is 29.6. The Morgan fingerprint density at radius 2 is 1.64 bits per heavy atom. The molecule has 0 saturated carbocycles. The van der Waals surface area contributed by atoms with Crippen molar-refractivity contribution in [3.8, 4) is 17.6 Å². The number of ether oxygens (including phenoxy) is 3. The largest absolute Gasteiger partial charge is 0.497 e. The van der Waals surface area contributed by atoms with E-state index in [4.69, 9.17) is 19.5 Å². The first-order chi connectivity index (χ1) is 19.0. The maximum Gasteiger partial charge on any atom is 0.344 e. The lowest BCUT2D eigenvalue weighted by molar-refractivity contribution is -0.154. The number of carbonyl (C=O) groups is 2. The van der Waals surface area contributed by atoms with Crippen molar-refractivity contribution in [1.82, 2.24) is 5.01 Å². The zero-order valence-corrected chi connectivity index (χ0v) is 21.2. The van der Waals surface area contributed by atoms with Crippen LogP contribution in [0.25, 0.3) is 10.8 Å². The number of esters is 1. The molecule has 0 N–H and O–H groups in total. The van der Waals surface area contributed by atoms with Crippen LogP contribution in [0.1, 0.15) is 29.2 Å². The molecule has 1 unspecified atom stereocenters. The Hall–Kier alpha value is -5.16. The summed E-state index contributed by atoms with van der Waals surface area (Å²) < 4.78 is 15.9. The van der Waals surface area contributed by atoms with Crippen molar-refractivity contribution in [2.75, 3.05) is 20.3 Å². The van der Waals surface area contributed by atoms with Crippen LogP contribution in [0.2, 0.25) is 0 Å². The summed E-state index contributed by atoms with van der Waals surface area (Å²) in [5, 5.41) is 17.1. The van der Waals surface area contributed by atoms with Gasteiger partial charge in [0.2, 0.25) is 0 Å². The van der Waals surface area contributed by atoms with E-state index in [1.807, 2.05) is 66.7 Å². The van der Waals surface area contributed by atoms with E-state index in [1.54, 1.807) is 31.4 Å². The Morgan fingerprint density at radius 3 is 2.36 bits per heavy atom. The van der Waals surface area contributed by atoms with Crippen LogP contribution in [0.15, 0.2) is 96.1 Å². The molecule has 0 bridgehead atoms. The van der Waals surface area contributed by atoms with E-state index < -0.39 is 18.5 Å². The van der Waals surface area contributed by atoms with Gasteiger partial charge in [0.1, 0.15) is 11.5 Å². The molecule has 1 atom stereocenters. The van der Waals surface area contributed by atoms with E-state index in [2.05, 4.69) is 11.2 Å². The molecular weight excluding hydrogens is 494 g/mol. The first-order valence-corrected chi connectivity index (χ1v) is 12.4. The van der Waals surface area contributed by atoms with Crippen LogP contribution >= 0.6 is 0 Å². The molecule has 1 aliphatic rings. The number of hydrogen-bond donors (Lipinski definition) is 0. The molecule has 0 spiro atoms. The number of hydrazone groups is 1. The van der Waals surface area contributed by atoms with E-state index in [9.17, 15) is 9.59 Å². The molecule has 194 valence electrons. The first-order valence-electron chi connectivity index (χ1n) is 12.4. The minimum atomic E-state index is -0.688. The molecule has 4 aromatic carbocycles. The van der Waals surface area contributed by atoms with Gasteiger partial charge in [-0.15, -0.1) is 0 Å². The SMILES string of the molecule is COc1ccc(C2CC(c3ccc4ccccc4c3)=NN2C(=O)COC(=O)COc2ccc(C#N)cc2)cc1. The molecule has 1 amide bonds. The van der Waals surface area contributed by atoms with E-state index in [1.165, 1.54) is 5.01 Å². The highest BCUT2D eigenvalue weighted by atomic mass is 16.6. The van der Waals surface area contributed by atoms with Gasteiger partial charge in [0.25, 0.3) is 5.91 Å². The van der Waals surface area contributed by atoms with Gasteiger partial charge >= 0.3 is 5.97 Å². The molecule has 0 saturated heterocycles. The van der Waals surface area contributed by atoms with Crippen molar-refractivity contribution in [3.05, 3.63) is 108 Å². The van der Waals surface area contributed by atoms with Crippen LogP contribution in [0.5, 0.6) is 11.5 Å². The highest BCUT2D eigenvalue weighted by Crippen LogP contribution is 2.34. The van der Waals surface area contributed by atoms with E-state index in [0.717, 1.165) is 27.6 Å². The Bertz CT molecular complexity index is 1570. The molecule has 8 heteroatoms. The number of fused-ring (bicyclic) bond motifs is 1. The molecule has 8 nitrogen and oxygen atoms in total. The van der Waals surface area contributed by atoms with Gasteiger partial charge in [0.15, 0.2) is 13.2 Å². The fourth-order valence-electron chi connectivity index (χ4n) is 4.39. The summed E-state index contributed by atoms with van der Waals surface area (Å²) in [4.78, 5) is 25.5. The van der Waals surface area contributed by atoms with Gasteiger partial charge in [0.05, 0.1) is 30.5 Å². The van der Waals surface area contributed by atoms with Gasteiger partial charge in [-0.2, -0.15) is 10.4 Å². The highest BCUT2D eigenvalue weighted by Gasteiger charge is 2.33. The van der Waals surface area contributed by atoms with Crippen LogP contribution in [-0.4, -0.2) is 42.9 Å². The van der Waals surface area contributed by atoms with Gasteiger partial charge < -0.3 is 14.2 Å². The number of nitrogens with zero attached hydrogens (tertiary/aromatic N) is 3. The Balaban J connectivity index is 1.30. The van der Waals surface area contributed by atoms with Gasteiger partial charge in [-0.3, -0.25) is 4.79 Å². The van der Waals surface area contributed by atoms with Crippen LogP contribution in [0.4, 0.5) is 0 Å². The monoisotopic (exact) mass is 519 g/mol. The predicted molar refractivity (Wildman–Crippen MR) is 145 cm³/mol. The van der Waals surface area contributed by atoms with Crippen LogP contribution in [0, 0.1) is 11.3 Å². The summed E-state index contributed by atoms with van der Waals surface area (Å²) in [7, 11) is 1.60. The number of rotatable bonds is 8. The number of hydrogen-bond acceptors (Lipinski definition) is 7. The normalized spacial score (nSPS) is 14.4. The molecule has 4 aromatic rings. The smallest absolute Gasteiger partial charge is 0.344 e. The maximum atomic E-state index is 13.2. The lowest BCUT2D eigenvalue weighted by Gasteiger charge is -2.22. The number of nitriles is 1. The second-order valence-electron chi connectivity index (χ2n) is 8.93. The highest BCUT2D eigenvalue weighted by molar-refractivity contribution is 6.05. The minimum absolute atomic E-state index is 0.363.